The zero-order valence-corrected chi connectivity index (χ0v) is 10.5. The molecule has 1 aromatic heterocycles. The van der Waals surface area contributed by atoms with Gasteiger partial charge >= 0.3 is 0 Å². The summed E-state index contributed by atoms with van der Waals surface area (Å²) < 4.78 is 24.4. The number of aromatic nitrogens is 2. The summed E-state index contributed by atoms with van der Waals surface area (Å²) >= 11 is 0. The Kier molecular flexibility index (Phi) is 3.76. The van der Waals surface area contributed by atoms with Gasteiger partial charge in [-0.2, -0.15) is 4.98 Å². The Labute approximate surface area is 109 Å². The van der Waals surface area contributed by atoms with E-state index in [-0.39, 0.29) is 23.2 Å². The first-order chi connectivity index (χ1) is 9.17. The maximum absolute atomic E-state index is 13.9. The number of hydrazine groups is 1. The molecule has 7 heteroatoms. The van der Waals surface area contributed by atoms with Crippen LogP contribution in [0.25, 0.3) is 0 Å². The van der Waals surface area contributed by atoms with Crippen molar-refractivity contribution in [2.24, 2.45) is 5.84 Å². The van der Waals surface area contributed by atoms with Crippen LogP contribution in [0.15, 0.2) is 24.5 Å². The fraction of sp³-hybridized carbons (Fsp3) is 0.167. The van der Waals surface area contributed by atoms with Crippen molar-refractivity contribution in [1.29, 1.82) is 0 Å². The molecule has 19 heavy (non-hydrogen) atoms. The zero-order valence-electron chi connectivity index (χ0n) is 10.5. The van der Waals surface area contributed by atoms with E-state index in [9.17, 15) is 4.39 Å². The summed E-state index contributed by atoms with van der Waals surface area (Å²) in [6.07, 6.45) is 1.24. The summed E-state index contributed by atoms with van der Waals surface area (Å²) in [5.41, 5.74) is 2.82. The summed E-state index contributed by atoms with van der Waals surface area (Å²) in [4.78, 5) is 7.77. The Hall–Kier alpha value is -2.41. The van der Waals surface area contributed by atoms with Crippen LogP contribution in [0, 0.1) is 12.7 Å². The predicted molar refractivity (Wildman–Crippen MR) is 67.6 cm³/mol. The quantitative estimate of drug-likeness (QED) is 0.649. The minimum atomic E-state index is -0.453. The van der Waals surface area contributed by atoms with Crippen LogP contribution in [0.1, 0.15) is 5.56 Å². The molecular formula is C12H13FN4O2. The molecule has 1 heterocycles. The van der Waals surface area contributed by atoms with E-state index in [1.807, 2.05) is 0 Å². The number of nitrogens with zero attached hydrogens (tertiary/aromatic N) is 2. The predicted octanol–water partition coefficient (Wildman–Crippen LogP) is 2.01. The normalized spacial score (nSPS) is 10.1. The highest BCUT2D eigenvalue weighted by Gasteiger charge is 2.15. The van der Waals surface area contributed by atoms with E-state index < -0.39 is 5.82 Å². The molecule has 0 fully saturated rings. The molecule has 0 saturated carbocycles. The zero-order chi connectivity index (χ0) is 13.8. The molecule has 6 nitrogen and oxygen atoms in total. The van der Waals surface area contributed by atoms with Crippen LogP contribution in [0.4, 0.5) is 10.2 Å². The van der Waals surface area contributed by atoms with Crippen molar-refractivity contribution in [2.45, 2.75) is 6.92 Å². The molecule has 2 rings (SSSR count). The molecule has 100 valence electrons. The molecule has 0 saturated heterocycles. The number of aryl methyl sites for hydroxylation is 1. The lowest BCUT2D eigenvalue weighted by atomic mass is 10.2. The number of nitrogens with two attached hydrogens (primary N) is 1. The molecule has 0 spiro atoms. The number of nitrogens with one attached hydrogen (secondary N) is 1. The second kappa shape index (κ2) is 5.49. The van der Waals surface area contributed by atoms with Gasteiger partial charge in [0.2, 0.25) is 5.75 Å². The van der Waals surface area contributed by atoms with Gasteiger partial charge in [-0.25, -0.2) is 15.2 Å². The molecule has 0 amide bonds. The molecule has 1 aromatic carbocycles. The number of benzene rings is 1. The van der Waals surface area contributed by atoms with E-state index in [0.29, 0.717) is 5.56 Å². The first kappa shape index (κ1) is 13.0. The molecule has 0 bridgehead atoms. The van der Waals surface area contributed by atoms with Gasteiger partial charge in [0.15, 0.2) is 17.4 Å². The summed E-state index contributed by atoms with van der Waals surface area (Å²) in [6, 6.07) is 4.83. The molecule has 0 aliphatic rings. The molecule has 0 radical (unpaired) electrons. The van der Waals surface area contributed by atoms with Crippen molar-refractivity contribution in [3.05, 3.63) is 35.9 Å². The highest BCUT2D eigenvalue weighted by molar-refractivity contribution is 5.55. The summed E-state index contributed by atoms with van der Waals surface area (Å²) in [7, 11) is 1.42. The van der Waals surface area contributed by atoms with Crippen LogP contribution in [-0.4, -0.2) is 17.1 Å². The largest absolute Gasteiger partial charge is 0.489 e. The van der Waals surface area contributed by atoms with E-state index in [0.717, 1.165) is 0 Å². The number of hydrogen-bond donors (Lipinski definition) is 2. The molecular weight excluding hydrogens is 251 g/mol. The lowest BCUT2D eigenvalue weighted by molar-refractivity contribution is 0.360. The fourth-order valence-electron chi connectivity index (χ4n) is 1.52. The van der Waals surface area contributed by atoms with Gasteiger partial charge in [0.1, 0.15) is 6.33 Å². The van der Waals surface area contributed by atoms with E-state index in [1.165, 1.54) is 19.5 Å². The summed E-state index contributed by atoms with van der Waals surface area (Å²) in [5, 5.41) is 0. The average Bonchev–Trinajstić information content (AvgIpc) is 2.43. The minimum Gasteiger partial charge on any atom is -0.489 e. The van der Waals surface area contributed by atoms with Gasteiger partial charge in [0, 0.05) is 0 Å². The van der Waals surface area contributed by atoms with Crippen LogP contribution in [0.5, 0.6) is 17.4 Å². The highest BCUT2D eigenvalue weighted by atomic mass is 19.1. The molecule has 0 unspecified atom stereocenters. The van der Waals surface area contributed by atoms with E-state index in [2.05, 4.69) is 15.4 Å². The van der Waals surface area contributed by atoms with Crippen LogP contribution in [-0.2, 0) is 0 Å². The lowest BCUT2D eigenvalue weighted by Gasteiger charge is -2.12. The molecule has 2 aromatic rings. The van der Waals surface area contributed by atoms with Gasteiger partial charge in [-0.3, -0.25) is 0 Å². The third-order valence-electron chi connectivity index (χ3n) is 2.47. The van der Waals surface area contributed by atoms with Crippen molar-refractivity contribution in [1.82, 2.24) is 9.97 Å². The number of anilines is 1. The number of hydrogen-bond acceptors (Lipinski definition) is 6. The molecule has 3 N–H and O–H groups in total. The third kappa shape index (κ3) is 2.55. The Balaban J connectivity index is 2.41. The number of methoxy groups -OCH3 is 1. The van der Waals surface area contributed by atoms with Crippen molar-refractivity contribution in [3.8, 4) is 17.4 Å². The van der Waals surface area contributed by atoms with Gasteiger partial charge in [-0.05, 0) is 18.6 Å². The van der Waals surface area contributed by atoms with Crippen LogP contribution in [0.2, 0.25) is 0 Å². The van der Waals surface area contributed by atoms with Crippen molar-refractivity contribution in [2.75, 3.05) is 12.5 Å². The highest BCUT2D eigenvalue weighted by Crippen LogP contribution is 2.34. The summed E-state index contributed by atoms with van der Waals surface area (Å²) in [5.74, 6) is 5.42. The Morgan fingerprint density at radius 3 is 2.79 bits per heavy atom. The number of nitrogen functional groups attached to an aromatic ring is 1. The van der Waals surface area contributed by atoms with Gasteiger partial charge in [0.25, 0.3) is 5.88 Å². The second-order valence-corrected chi connectivity index (χ2v) is 3.69. The number of rotatable bonds is 4. The van der Waals surface area contributed by atoms with E-state index >= 15 is 0 Å². The van der Waals surface area contributed by atoms with Crippen molar-refractivity contribution >= 4 is 5.82 Å². The standard InChI is InChI=1S/C12H13FN4O2/c1-7-4-3-5-8(9(7)13)19-12-10(18-2)11(17-14)15-6-16-12/h3-6H,14H2,1-2H3,(H,15,16,17). The summed E-state index contributed by atoms with van der Waals surface area (Å²) in [6.45, 7) is 1.65. The van der Waals surface area contributed by atoms with Crippen LogP contribution < -0.4 is 20.7 Å². The van der Waals surface area contributed by atoms with Crippen LogP contribution in [0.3, 0.4) is 0 Å². The topological polar surface area (TPSA) is 82.3 Å². The Morgan fingerprint density at radius 2 is 2.11 bits per heavy atom. The van der Waals surface area contributed by atoms with Crippen molar-refractivity contribution < 1.29 is 13.9 Å². The maximum Gasteiger partial charge on any atom is 0.268 e. The van der Waals surface area contributed by atoms with Crippen molar-refractivity contribution in [3.63, 3.8) is 0 Å². The van der Waals surface area contributed by atoms with E-state index in [4.69, 9.17) is 15.3 Å². The molecule has 0 aliphatic heterocycles. The van der Waals surface area contributed by atoms with Crippen LogP contribution >= 0.6 is 0 Å². The van der Waals surface area contributed by atoms with E-state index in [1.54, 1.807) is 19.1 Å². The third-order valence-corrected chi connectivity index (χ3v) is 2.47. The Morgan fingerprint density at radius 1 is 1.32 bits per heavy atom. The lowest BCUT2D eigenvalue weighted by Crippen LogP contribution is -2.11. The first-order valence-electron chi connectivity index (χ1n) is 5.46. The average molecular weight is 264 g/mol. The molecule has 0 atom stereocenters. The first-order valence-corrected chi connectivity index (χ1v) is 5.46. The number of halogens is 1. The van der Waals surface area contributed by atoms with Gasteiger partial charge in [-0.15, -0.1) is 0 Å². The Bertz CT molecular complexity index is 592. The van der Waals surface area contributed by atoms with Gasteiger partial charge < -0.3 is 14.9 Å². The minimum absolute atomic E-state index is 0.0555. The monoisotopic (exact) mass is 264 g/mol. The second-order valence-electron chi connectivity index (χ2n) is 3.69. The number of ether oxygens (including phenoxy) is 2. The smallest absolute Gasteiger partial charge is 0.268 e. The van der Waals surface area contributed by atoms with Gasteiger partial charge in [-0.1, -0.05) is 12.1 Å². The SMILES string of the molecule is COc1c(NN)ncnc1Oc1cccc(C)c1F. The van der Waals surface area contributed by atoms with Gasteiger partial charge in [0.05, 0.1) is 7.11 Å². The maximum atomic E-state index is 13.9. The molecule has 0 aliphatic carbocycles. The fourth-order valence-corrected chi connectivity index (χ4v) is 1.52.